The van der Waals surface area contributed by atoms with E-state index in [0.717, 1.165) is 28.6 Å². The molecule has 0 radical (unpaired) electrons. The summed E-state index contributed by atoms with van der Waals surface area (Å²) in [6.07, 6.45) is -10.3. The fraction of sp³-hybridized carbons (Fsp3) is 0.381. The molecule has 0 saturated carbocycles. The average molecular weight is 543 g/mol. The zero-order valence-corrected chi connectivity index (χ0v) is 19.3. The van der Waals surface area contributed by atoms with Gasteiger partial charge < -0.3 is 15.7 Å². The molecule has 3 rings (SSSR count). The zero-order chi connectivity index (χ0) is 27.3. The summed E-state index contributed by atoms with van der Waals surface area (Å²) < 4.78 is 121. The van der Waals surface area contributed by atoms with Gasteiger partial charge in [0.25, 0.3) is 11.5 Å². The maximum absolute atomic E-state index is 13.4. The number of sulfonamides is 1. The largest absolute Gasteiger partial charge is 0.430 e. The molecular weight excluding hydrogens is 523 g/mol. The number of carbonyl (C=O) groups is 1. The van der Waals surface area contributed by atoms with Crippen LogP contribution in [0, 0.1) is 5.82 Å². The molecule has 1 heterocycles. The van der Waals surface area contributed by atoms with Gasteiger partial charge in [0, 0.05) is 36.9 Å². The lowest BCUT2D eigenvalue weighted by molar-refractivity contribution is -0.255. The number of halogens is 7. The van der Waals surface area contributed by atoms with Crippen molar-refractivity contribution in [1.29, 1.82) is 0 Å². The highest BCUT2D eigenvalue weighted by Gasteiger charge is 2.60. The Morgan fingerprint density at radius 2 is 1.61 bits per heavy atom. The van der Waals surface area contributed by atoms with Crippen molar-refractivity contribution in [3.8, 4) is 0 Å². The molecule has 1 amide bonds. The number of benzene rings is 2. The Morgan fingerprint density at radius 3 is 2.08 bits per heavy atom. The summed E-state index contributed by atoms with van der Waals surface area (Å²) in [4.78, 5) is 12.1. The minimum Gasteiger partial charge on any atom is -0.369 e. The maximum atomic E-state index is 13.4. The van der Waals surface area contributed by atoms with Crippen LogP contribution in [0.1, 0.15) is 18.1 Å². The van der Waals surface area contributed by atoms with E-state index >= 15 is 0 Å². The van der Waals surface area contributed by atoms with E-state index in [4.69, 9.17) is 5.73 Å². The van der Waals surface area contributed by atoms with Gasteiger partial charge in [-0.05, 0) is 37.3 Å². The van der Waals surface area contributed by atoms with Gasteiger partial charge in [0.15, 0.2) is 0 Å². The Bertz CT molecular complexity index is 1250. The predicted octanol–water partition coefficient (Wildman–Crippen LogP) is 2.98. The zero-order valence-electron chi connectivity index (χ0n) is 18.4. The molecule has 0 aromatic heterocycles. The van der Waals surface area contributed by atoms with Crippen molar-refractivity contribution in [2.45, 2.75) is 35.8 Å². The number of hydrogen-bond donors (Lipinski definition) is 2. The Balaban J connectivity index is 1.87. The summed E-state index contributed by atoms with van der Waals surface area (Å²) in [5, 5.41) is 9.85. The summed E-state index contributed by atoms with van der Waals surface area (Å²) >= 11 is 0. The van der Waals surface area contributed by atoms with Crippen molar-refractivity contribution >= 4 is 21.6 Å². The van der Waals surface area contributed by atoms with E-state index < -0.39 is 61.8 Å². The molecule has 1 unspecified atom stereocenters. The van der Waals surface area contributed by atoms with Crippen LogP contribution in [0.2, 0.25) is 0 Å². The fourth-order valence-corrected chi connectivity index (χ4v) is 5.59. The summed E-state index contributed by atoms with van der Waals surface area (Å²) in [6, 6.07) is 3.98. The minimum atomic E-state index is -5.47. The topological polar surface area (TPSA) is 104 Å². The second kappa shape index (κ2) is 9.19. The molecule has 2 atom stereocenters. The lowest BCUT2D eigenvalue weighted by atomic mass is 9.92. The van der Waals surface area contributed by atoms with Crippen LogP contribution in [0.3, 0.4) is 0 Å². The predicted molar refractivity (Wildman–Crippen MR) is 113 cm³/mol. The first kappa shape index (κ1) is 27.7. The van der Waals surface area contributed by atoms with E-state index in [0.29, 0.717) is 18.2 Å². The number of aliphatic hydroxyl groups is 1. The van der Waals surface area contributed by atoms with E-state index in [1.807, 2.05) is 0 Å². The molecule has 1 fully saturated rings. The van der Waals surface area contributed by atoms with Gasteiger partial charge in [0.05, 0.1) is 10.5 Å². The third-order valence-electron chi connectivity index (χ3n) is 5.82. The summed E-state index contributed by atoms with van der Waals surface area (Å²) in [5.41, 5.74) is -1.85. The molecule has 1 aliphatic heterocycles. The van der Waals surface area contributed by atoms with Gasteiger partial charge in [-0.25, -0.2) is 12.8 Å². The van der Waals surface area contributed by atoms with Crippen molar-refractivity contribution < 1.29 is 49.1 Å². The Morgan fingerprint density at radius 1 is 1.03 bits per heavy atom. The molecule has 3 N–H and O–H groups in total. The molecule has 0 spiro atoms. The van der Waals surface area contributed by atoms with Gasteiger partial charge >= 0.3 is 12.4 Å². The van der Waals surface area contributed by atoms with Crippen LogP contribution < -0.4 is 10.6 Å². The van der Waals surface area contributed by atoms with Gasteiger partial charge in [-0.15, -0.1) is 0 Å². The summed E-state index contributed by atoms with van der Waals surface area (Å²) in [5.74, 6) is -3.19. The Hall–Kier alpha value is -2.91. The molecule has 15 heteroatoms. The van der Waals surface area contributed by atoms with Crippen molar-refractivity contribution in [3.63, 3.8) is 0 Å². The van der Waals surface area contributed by atoms with Crippen LogP contribution in [0.15, 0.2) is 47.4 Å². The standard InChI is InChI=1S/C21H20F7N3O4S/c1-12-11-30(17-7-4-14(22)10-16(17)20(23,24)25)8-9-31(12)36(34,35)15-5-2-13(3-6-15)19(33,18(29)32)21(26,27)28/h2-7,10,12,33H,8-9,11H2,1H3,(H2,29,32)/t12-,19?/m1/s1. The van der Waals surface area contributed by atoms with E-state index in [1.54, 1.807) is 0 Å². The molecule has 0 bridgehead atoms. The highest BCUT2D eigenvalue weighted by atomic mass is 32.2. The van der Waals surface area contributed by atoms with Gasteiger partial charge in [-0.2, -0.15) is 30.6 Å². The van der Waals surface area contributed by atoms with Gasteiger partial charge in [0.2, 0.25) is 10.0 Å². The number of alkyl halides is 6. The molecule has 2 aromatic rings. The van der Waals surface area contributed by atoms with Crippen molar-refractivity contribution in [3.05, 3.63) is 59.4 Å². The molecule has 1 saturated heterocycles. The third kappa shape index (κ3) is 4.86. The van der Waals surface area contributed by atoms with Gasteiger partial charge in [0.1, 0.15) is 5.82 Å². The van der Waals surface area contributed by atoms with Gasteiger partial charge in [-0.3, -0.25) is 4.79 Å². The number of rotatable bonds is 5. The van der Waals surface area contributed by atoms with Crippen LogP contribution in [0.4, 0.5) is 36.4 Å². The lowest BCUT2D eigenvalue weighted by Crippen LogP contribution is -2.54. The third-order valence-corrected chi connectivity index (χ3v) is 7.84. The van der Waals surface area contributed by atoms with E-state index in [-0.39, 0.29) is 25.3 Å². The molecule has 7 nitrogen and oxygen atoms in total. The number of piperazine rings is 1. The fourth-order valence-electron chi connectivity index (χ4n) is 3.98. The monoisotopic (exact) mass is 543 g/mol. The number of primary amides is 1. The number of amides is 1. The first-order valence-corrected chi connectivity index (χ1v) is 11.7. The lowest BCUT2D eigenvalue weighted by Gasteiger charge is -2.40. The van der Waals surface area contributed by atoms with Crippen LogP contribution >= 0.6 is 0 Å². The number of anilines is 1. The summed E-state index contributed by atoms with van der Waals surface area (Å²) in [7, 11) is -4.33. The first-order chi connectivity index (χ1) is 16.4. The first-order valence-electron chi connectivity index (χ1n) is 10.2. The quantitative estimate of drug-likeness (QED) is 0.565. The molecule has 1 aliphatic rings. The minimum absolute atomic E-state index is 0.189. The number of nitrogens with two attached hydrogens (primary N) is 1. The number of nitrogens with zero attached hydrogens (tertiary/aromatic N) is 2. The van der Waals surface area contributed by atoms with Crippen LogP contribution in [-0.2, 0) is 26.6 Å². The van der Waals surface area contributed by atoms with Crippen LogP contribution in [-0.4, -0.2) is 55.6 Å². The average Bonchev–Trinajstić information content (AvgIpc) is 2.76. The second-order valence-corrected chi connectivity index (χ2v) is 10.1. The van der Waals surface area contributed by atoms with Crippen LogP contribution in [0.25, 0.3) is 0 Å². The molecule has 0 aliphatic carbocycles. The summed E-state index contributed by atoms with van der Waals surface area (Å²) in [6.45, 7) is 0.755. The second-order valence-electron chi connectivity index (χ2n) is 8.17. The highest BCUT2D eigenvalue weighted by Crippen LogP contribution is 2.40. The molecule has 198 valence electrons. The smallest absolute Gasteiger partial charge is 0.369 e. The Labute approximate surface area is 201 Å². The maximum Gasteiger partial charge on any atom is 0.430 e. The highest BCUT2D eigenvalue weighted by molar-refractivity contribution is 7.89. The van der Waals surface area contributed by atoms with Crippen molar-refractivity contribution in [2.75, 3.05) is 24.5 Å². The molecule has 36 heavy (non-hydrogen) atoms. The number of hydrogen-bond acceptors (Lipinski definition) is 5. The van der Waals surface area contributed by atoms with E-state index in [2.05, 4.69) is 0 Å². The SMILES string of the molecule is C[C@@H]1CN(c2ccc(F)cc2C(F)(F)F)CCN1S(=O)(=O)c1ccc(C(O)(C(N)=O)C(F)(F)F)cc1. The number of carbonyl (C=O) groups excluding carboxylic acids is 1. The van der Waals surface area contributed by atoms with Crippen molar-refractivity contribution in [2.24, 2.45) is 5.73 Å². The normalized spacial score (nSPS) is 19.7. The van der Waals surface area contributed by atoms with Crippen LogP contribution in [0.5, 0.6) is 0 Å². The Kier molecular flexibility index (Phi) is 7.07. The van der Waals surface area contributed by atoms with E-state index in [9.17, 15) is 49.1 Å². The van der Waals surface area contributed by atoms with E-state index in [1.165, 1.54) is 11.8 Å². The molecular formula is C21H20F7N3O4S. The van der Waals surface area contributed by atoms with Crippen molar-refractivity contribution in [1.82, 2.24) is 4.31 Å². The molecule has 2 aromatic carbocycles. The van der Waals surface area contributed by atoms with Gasteiger partial charge in [-0.1, -0.05) is 12.1 Å².